The summed E-state index contributed by atoms with van der Waals surface area (Å²) in [6.07, 6.45) is 16.0. The Kier molecular flexibility index (Phi) is 7.74. The molecule has 0 amide bonds. The van der Waals surface area contributed by atoms with E-state index >= 15 is 0 Å². The van der Waals surface area contributed by atoms with Crippen LogP contribution in [0.5, 0.6) is 0 Å². The highest BCUT2D eigenvalue weighted by Crippen LogP contribution is 2.73. The van der Waals surface area contributed by atoms with Gasteiger partial charge in [0.2, 0.25) is 0 Å². The molecule has 4 heteroatoms. The van der Waals surface area contributed by atoms with Crippen molar-refractivity contribution in [2.24, 2.45) is 45.3 Å². The van der Waals surface area contributed by atoms with Crippen LogP contribution in [-0.2, 0) is 4.74 Å². The molecule has 1 aromatic carbocycles. The first-order valence-corrected chi connectivity index (χ1v) is 16.3. The summed E-state index contributed by atoms with van der Waals surface area (Å²) in [5, 5.41) is 0. The maximum Gasteiger partial charge on any atom is 0.338 e. The van der Waals surface area contributed by atoms with Crippen LogP contribution in [0.25, 0.3) is 0 Å². The third-order valence-corrected chi connectivity index (χ3v) is 13.1. The second kappa shape index (κ2) is 10.5. The van der Waals surface area contributed by atoms with Crippen molar-refractivity contribution in [1.82, 2.24) is 0 Å². The van der Waals surface area contributed by atoms with E-state index in [9.17, 15) is 4.79 Å². The van der Waals surface area contributed by atoms with Crippen LogP contribution in [0.15, 0.2) is 41.5 Å². The van der Waals surface area contributed by atoms with Crippen LogP contribution in [0, 0.1) is 45.3 Å². The summed E-state index contributed by atoms with van der Waals surface area (Å²) < 4.78 is 6.23. The summed E-state index contributed by atoms with van der Waals surface area (Å²) in [5.74, 6) is 2.71. The first kappa shape index (κ1) is 30.2. The predicted molar refractivity (Wildman–Crippen MR) is 171 cm³/mol. The molecule has 0 aliphatic heterocycles. The van der Waals surface area contributed by atoms with E-state index in [1.807, 2.05) is 0 Å². The second-order valence-electron chi connectivity index (χ2n) is 15.9. The molecule has 4 N–H and O–H groups in total. The summed E-state index contributed by atoms with van der Waals surface area (Å²) in [6, 6.07) is 5.00. The number of ether oxygens (including phenoxy) is 1. The van der Waals surface area contributed by atoms with Crippen LogP contribution >= 0.6 is 0 Å². The number of hydrogen-bond acceptors (Lipinski definition) is 4. The number of carbonyl (C=O) groups excluding carboxylic acids is 1. The maximum absolute atomic E-state index is 13.2. The van der Waals surface area contributed by atoms with Crippen molar-refractivity contribution in [2.75, 3.05) is 11.5 Å². The van der Waals surface area contributed by atoms with Crippen molar-refractivity contribution >= 4 is 17.3 Å². The number of anilines is 2. The van der Waals surface area contributed by atoms with Gasteiger partial charge >= 0.3 is 5.97 Å². The topological polar surface area (TPSA) is 78.3 Å². The lowest BCUT2D eigenvalue weighted by Crippen LogP contribution is -2.58. The SMILES string of the molecule is CC(C)=CCCC(C)C1CCC2(C)C3CC=C4C(C)(C)C(OC(=O)c5cc(N)cc(N)c5)CCC4(C)C3CCC12C. The minimum Gasteiger partial charge on any atom is -0.458 e. The highest BCUT2D eigenvalue weighted by atomic mass is 16.5. The number of allylic oxidation sites excluding steroid dienone is 3. The van der Waals surface area contributed by atoms with Crippen LogP contribution in [-0.4, -0.2) is 12.1 Å². The van der Waals surface area contributed by atoms with Gasteiger partial charge in [0.05, 0.1) is 5.56 Å². The number of benzene rings is 1. The summed E-state index contributed by atoms with van der Waals surface area (Å²) >= 11 is 0. The lowest BCUT2D eigenvalue weighted by molar-refractivity contribution is -0.125. The molecule has 0 bridgehead atoms. The Bertz CT molecular complexity index is 1220. The molecule has 41 heavy (non-hydrogen) atoms. The van der Waals surface area contributed by atoms with Gasteiger partial charge in [-0.05, 0) is 130 Å². The number of fused-ring (bicyclic) bond motifs is 5. The molecule has 8 unspecified atom stereocenters. The highest BCUT2D eigenvalue weighted by Gasteiger charge is 2.66. The molecule has 0 heterocycles. The van der Waals surface area contributed by atoms with Crippen LogP contribution < -0.4 is 11.5 Å². The Hall–Kier alpha value is -2.23. The van der Waals surface area contributed by atoms with E-state index in [2.05, 4.69) is 67.5 Å². The Morgan fingerprint density at radius 1 is 0.951 bits per heavy atom. The monoisotopic (exact) mass is 560 g/mol. The van der Waals surface area contributed by atoms with E-state index in [0.29, 0.717) is 33.7 Å². The van der Waals surface area contributed by atoms with Crippen molar-refractivity contribution in [3.05, 3.63) is 47.1 Å². The molecule has 4 nitrogen and oxygen atoms in total. The third-order valence-electron chi connectivity index (χ3n) is 13.1. The van der Waals surface area contributed by atoms with Gasteiger partial charge in [0.25, 0.3) is 0 Å². The van der Waals surface area contributed by atoms with E-state index in [4.69, 9.17) is 16.2 Å². The third kappa shape index (κ3) is 4.85. The van der Waals surface area contributed by atoms with E-state index < -0.39 is 0 Å². The lowest BCUT2D eigenvalue weighted by atomic mass is 9.40. The Balaban J connectivity index is 1.37. The molecule has 4 aliphatic carbocycles. The van der Waals surface area contributed by atoms with Gasteiger partial charge in [-0.15, -0.1) is 0 Å². The van der Waals surface area contributed by atoms with Gasteiger partial charge in [0.1, 0.15) is 6.10 Å². The minimum atomic E-state index is -0.323. The average Bonchev–Trinajstić information content (AvgIpc) is 3.16. The van der Waals surface area contributed by atoms with Gasteiger partial charge < -0.3 is 16.2 Å². The number of esters is 1. The minimum absolute atomic E-state index is 0.157. The van der Waals surface area contributed by atoms with Crippen LogP contribution in [0.1, 0.15) is 124 Å². The summed E-state index contributed by atoms with van der Waals surface area (Å²) in [4.78, 5) is 13.2. The standard InChI is InChI=1S/C37H56N2O2/c1-23(2)10-9-11-24(3)28-14-18-37(8)30-12-13-31-34(4,5)32(41-33(40)25-20-26(38)22-27(39)21-25)16-17-35(31,6)29(30)15-19-36(28,37)7/h10,13,20-22,24,28-30,32H,9,11-12,14-19,38-39H2,1-8H3. The van der Waals surface area contributed by atoms with Gasteiger partial charge in [-0.3, -0.25) is 0 Å². The molecular formula is C37H56N2O2. The number of nitrogens with two attached hydrogens (primary N) is 2. The van der Waals surface area contributed by atoms with E-state index in [1.165, 1.54) is 49.7 Å². The van der Waals surface area contributed by atoms with Crippen molar-refractivity contribution in [1.29, 1.82) is 0 Å². The fourth-order valence-electron chi connectivity index (χ4n) is 10.8. The number of hydrogen-bond donors (Lipinski definition) is 2. The molecule has 4 aliphatic rings. The Morgan fingerprint density at radius 2 is 1.61 bits per heavy atom. The first-order valence-electron chi connectivity index (χ1n) is 16.3. The molecule has 5 rings (SSSR count). The number of nitrogen functional groups attached to an aromatic ring is 2. The van der Waals surface area contributed by atoms with Crippen LogP contribution in [0.3, 0.4) is 0 Å². The fourth-order valence-corrected chi connectivity index (χ4v) is 10.8. The zero-order chi connectivity index (χ0) is 30.0. The van der Waals surface area contributed by atoms with Gasteiger partial charge in [0.15, 0.2) is 0 Å². The van der Waals surface area contributed by atoms with Gasteiger partial charge in [-0.2, -0.15) is 0 Å². The first-order chi connectivity index (χ1) is 19.1. The normalized spacial score (nSPS) is 38.1. The molecule has 226 valence electrons. The molecule has 0 aromatic heterocycles. The van der Waals surface area contributed by atoms with Gasteiger partial charge in [-0.25, -0.2) is 4.79 Å². The highest BCUT2D eigenvalue weighted by molar-refractivity contribution is 5.92. The molecule has 8 atom stereocenters. The molecule has 1 aromatic rings. The smallest absolute Gasteiger partial charge is 0.338 e. The zero-order valence-electron chi connectivity index (χ0n) is 27.1. The van der Waals surface area contributed by atoms with Gasteiger partial charge in [0, 0.05) is 16.8 Å². The van der Waals surface area contributed by atoms with E-state index in [1.54, 1.807) is 18.2 Å². The molecule has 3 saturated carbocycles. The summed E-state index contributed by atoms with van der Waals surface area (Å²) in [7, 11) is 0. The van der Waals surface area contributed by atoms with Crippen LogP contribution in [0.4, 0.5) is 11.4 Å². The molecule has 0 spiro atoms. The zero-order valence-corrected chi connectivity index (χ0v) is 27.1. The molecule has 0 saturated heterocycles. The average molecular weight is 561 g/mol. The molecular weight excluding hydrogens is 504 g/mol. The maximum atomic E-state index is 13.2. The molecule has 0 radical (unpaired) electrons. The largest absolute Gasteiger partial charge is 0.458 e. The Morgan fingerprint density at radius 3 is 2.27 bits per heavy atom. The summed E-state index contributed by atoms with van der Waals surface area (Å²) in [5.41, 5.74) is 17.1. The fraction of sp³-hybridized carbons (Fsp3) is 0.703. The van der Waals surface area contributed by atoms with Crippen molar-refractivity contribution in [3.8, 4) is 0 Å². The van der Waals surface area contributed by atoms with Crippen molar-refractivity contribution < 1.29 is 9.53 Å². The van der Waals surface area contributed by atoms with Crippen LogP contribution in [0.2, 0.25) is 0 Å². The predicted octanol–water partition coefficient (Wildman–Crippen LogP) is 9.36. The quantitative estimate of drug-likeness (QED) is 0.206. The Labute approximate surface area is 249 Å². The van der Waals surface area contributed by atoms with Gasteiger partial charge in [-0.1, -0.05) is 64.8 Å². The van der Waals surface area contributed by atoms with E-state index in [-0.39, 0.29) is 22.9 Å². The van der Waals surface area contributed by atoms with Crippen molar-refractivity contribution in [3.63, 3.8) is 0 Å². The summed E-state index contributed by atoms with van der Waals surface area (Å²) in [6.45, 7) is 19.5. The van der Waals surface area contributed by atoms with Crippen molar-refractivity contribution in [2.45, 2.75) is 119 Å². The van der Waals surface area contributed by atoms with E-state index in [0.717, 1.165) is 37.0 Å². The number of rotatable bonds is 6. The number of carbonyl (C=O) groups is 1. The molecule has 3 fully saturated rings. The second-order valence-corrected chi connectivity index (χ2v) is 15.9. The lowest BCUT2D eigenvalue weighted by Gasteiger charge is -2.64.